The highest BCUT2D eigenvalue weighted by Gasteiger charge is 2.21. The van der Waals surface area contributed by atoms with Gasteiger partial charge >= 0.3 is 0 Å². The summed E-state index contributed by atoms with van der Waals surface area (Å²) in [6.45, 7) is 2.32. The molecule has 0 spiro atoms. The van der Waals surface area contributed by atoms with Crippen molar-refractivity contribution in [1.29, 1.82) is 5.26 Å². The first kappa shape index (κ1) is 15.5. The number of nitriles is 1. The minimum Gasteiger partial charge on any atom is -0.325 e. The van der Waals surface area contributed by atoms with Gasteiger partial charge in [-0.3, -0.25) is 9.69 Å². The quantitative estimate of drug-likeness (QED) is 0.912. The normalized spacial score (nSPS) is 16.7. The SMILES string of the molecule is CN(C)C1CCN(CC(=O)Nc2cccc(C#N)c2)CC1. The van der Waals surface area contributed by atoms with Crippen LogP contribution < -0.4 is 5.32 Å². The van der Waals surface area contributed by atoms with E-state index in [1.165, 1.54) is 0 Å². The van der Waals surface area contributed by atoms with E-state index in [9.17, 15) is 4.79 Å². The van der Waals surface area contributed by atoms with Crippen LogP contribution in [-0.4, -0.2) is 55.5 Å². The Balaban J connectivity index is 1.81. The van der Waals surface area contributed by atoms with E-state index in [2.05, 4.69) is 35.3 Å². The Bertz CT molecular complexity index is 527. The molecule has 112 valence electrons. The summed E-state index contributed by atoms with van der Waals surface area (Å²) in [5, 5.41) is 11.7. The number of hydrogen-bond donors (Lipinski definition) is 1. The molecule has 0 atom stereocenters. The number of anilines is 1. The number of piperidine rings is 1. The lowest BCUT2D eigenvalue weighted by Gasteiger charge is -2.34. The lowest BCUT2D eigenvalue weighted by atomic mass is 10.0. The lowest BCUT2D eigenvalue weighted by molar-refractivity contribution is -0.117. The summed E-state index contributed by atoms with van der Waals surface area (Å²) in [5.41, 5.74) is 1.24. The monoisotopic (exact) mass is 286 g/mol. The second kappa shape index (κ2) is 7.21. The molecule has 1 saturated heterocycles. The molecular formula is C16H22N4O. The maximum atomic E-state index is 12.0. The first-order valence-corrected chi connectivity index (χ1v) is 7.27. The van der Waals surface area contributed by atoms with E-state index in [0.717, 1.165) is 25.9 Å². The number of nitrogens with zero attached hydrogens (tertiary/aromatic N) is 3. The van der Waals surface area contributed by atoms with Gasteiger partial charge in [-0.2, -0.15) is 5.26 Å². The van der Waals surface area contributed by atoms with E-state index in [1.807, 2.05) is 0 Å². The molecule has 1 aromatic carbocycles. The van der Waals surface area contributed by atoms with Crippen LogP contribution in [0.2, 0.25) is 0 Å². The molecule has 1 amide bonds. The molecule has 0 aliphatic carbocycles. The van der Waals surface area contributed by atoms with Crippen molar-refractivity contribution in [1.82, 2.24) is 9.80 Å². The predicted molar refractivity (Wildman–Crippen MR) is 82.9 cm³/mol. The molecule has 0 unspecified atom stereocenters. The highest BCUT2D eigenvalue weighted by molar-refractivity contribution is 5.92. The predicted octanol–water partition coefficient (Wildman–Crippen LogP) is 1.52. The Kier molecular flexibility index (Phi) is 5.32. The first-order valence-electron chi connectivity index (χ1n) is 7.27. The smallest absolute Gasteiger partial charge is 0.238 e. The van der Waals surface area contributed by atoms with Crippen LogP contribution >= 0.6 is 0 Å². The molecule has 1 aliphatic heterocycles. The molecule has 1 aliphatic rings. The minimum absolute atomic E-state index is 0.0200. The van der Waals surface area contributed by atoms with Crippen LogP contribution in [0.3, 0.4) is 0 Å². The fourth-order valence-corrected chi connectivity index (χ4v) is 2.66. The molecule has 1 aromatic rings. The summed E-state index contributed by atoms with van der Waals surface area (Å²) in [4.78, 5) is 16.5. The summed E-state index contributed by atoms with van der Waals surface area (Å²) < 4.78 is 0. The van der Waals surface area contributed by atoms with Gasteiger partial charge in [-0.15, -0.1) is 0 Å². The van der Waals surface area contributed by atoms with Crippen LogP contribution in [-0.2, 0) is 4.79 Å². The molecule has 21 heavy (non-hydrogen) atoms. The van der Waals surface area contributed by atoms with E-state index < -0.39 is 0 Å². The van der Waals surface area contributed by atoms with Gasteiger partial charge in [0.25, 0.3) is 0 Å². The average molecular weight is 286 g/mol. The average Bonchev–Trinajstić information content (AvgIpc) is 2.47. The minimum atomic E-state index is -0.0200. The standard InChI is InChI=1S/C16H22N4O/c1-19(2)15-6-8-20(9-7-15)12-16(21)18-14-5-3-4-13(10-14)11-17/h3-5,10,15H,6-9,12H2,1-2H3,(H,18,21). The topological polar surface area (TPSA) is 59.4 Å². The fraction of sp³-hybridized carbons (Fsp3) is 0.500. The van der Waals surface area contributed by atoms with Crippen molar-refractivity contribution in [2.75, 3.05) is 39.0 Å². The van der Waals surface area contributed by atoms with Gasteiger partial charge in [0.05, 0.1) is 18.2 Å². The van der Waals surface area contributed by atoms with Gasteiger partial charge in [0.2, 0.25) is 5.91 Å². The van der Waals surface area contributed by atoms with Crippen LogP contribution in [0.15, 0.2) is 24.3 Å². The van der Waals surface area contributed by atoms with Crippen molar-refractivity contribution in [3.05, 3.63) is 29.8 Å². The zero-order chi connectivity index (χ0) is 15.2. The van der Waals surface area contributed by atoms with Crippen molar-refractivity contribution in [3.63, 3.8) is 0 Å². The van der Waals surface area contributed by atoms with Crippen molar-refractivity contribution in [2.45, 2.75) is 18.9 Å². The molecular weight excluding hydrogens is 264 g/mol. The van der Waals surface area contributed by atoms with Crippen LogP contribution in [0.4, 0.5) is 5.69 Å². The Hall–Kier alpha value is -1.90. The lowest BCUT2D eigenvalue weighted by Crippen LogP contribution is -2.44. The number of likely N-dealkylation sites (tertiary alicyclic amines) is 1. The number of hydrogen-bond acceptors (Lipinski definition) is 4. The highest BCUT2D eigenvalue weighted by Crippen LogP contribution is 2.14. The Morgan fingerprint density at radius 3 is 2.76 bits per heavy atom. The molecule has 2 rings (SSSR count). The maximum absolute atomic E-state index is 12.0. The third kappa shape index (κ3) is 4.55. The van der Waals surface area contributed by atoms with E-state index >= 15 is 0 Å². The zero-order valence-electron chi connectivity index (χ0n) is 12.7. The van der Waals surface area contributed by atoms with E-state index in [0.29, 0.717) is 23.8 Å². The summed E-state index contributed by atoms with van der Waals surface area (Å²) in [5.74, 6) is -0.0200. The fourth-order valence-electron chi connectivity index (χ4n) is 2.66. The van der Waals surface area contributed by atoms with E-state index in [-0.39, 0.29) is 5.91 Å². The number of carbonyl (C=O) groups is 1. The van der Waals surface area contributed by atoms with Crippen LogP contribution in [0.5, 0.6) is 0 Å². The molecule has 1 heterocycles. The van der Waals surface area contributed by atoms with E-state index in [4.69, 9.17) is 5.26 Å². The van der Waals surface area contributed by atoms with Gasteiger partial charge in [0, 0.05) is 24.8 Å². The summed E-state index contributed by atoms with van der Waals surface area (Å²) in [6.07, 6.45) is 2.20. The van der Waals surface area contributed by atoms with Gasteiger partial charge < -0.3 is 10.2 Å². The van der Waals surface area contributed by atoms with Gasteiger partial charge in [-0.1, -0.05) is 6.07 Å². The molecule has 1 fully saturated rings. The number of benzene rings is 1. The van der Waals surface area contributed by atoms with Crippen LogP contribution in [0, 0.1) is 11.3 Å². The van der Waals surface area contributed by atoms with Gasteiger partial charge in [-0.25, -0.2) is 0 Å². The Morgan fingerprint density at radius 1 is 1.43 bits per heavy atom. The summed E-state index contributed by atoms with van der Waals surface area (Å²) in [7, 11) is 4.21. The van der Waals surface area contributed by atoms with Gasteiger partial charge in [-0.05, 0) is 45.1 Å². The third-order valence-electron chi connectivity index (χ3n) is 3.93. The molecule has 0 saturated carbocycles. The van der Waals surface area contributed by atoms with Crippen molar-refractivity contribution in [2.24, 2.45) is 0 Å². The number of nitrogens with one attached hydrogen (secondary N) is 1. The summed E-state index contributed by atoms with van der Waals surface area (Å²) >= 11 is 0. The second-order valence-electron chi connectivity index (χ2n) is 5.71. The van der Waals surface area contributed by atoms with Crippen molar-refractivity contribution in [3.8, 4) is 6.07 Å². The third-order valence-corrected chi connectivity index (χ3v) is 3.93. The number of rotatable bonds is 4. The Labute approximate surface area is 126 Å². The first-order chi connectivity index (χ1) is 10.1. The molecule has 1 N–H and O–H groups in total. The molecule has 0 aromatic heterocycles. The maximum Gasteiger partial charge on any atom is 0.238 e. The molecule has 5 heteroatoms. The Morgan fingerprint density at radius 2 is 2.14 bits per heavy atom. The largest absolute Gasteiger partial charge is 0.325 e. The molecule has 0 bridgehead atoms. The molecule has 0 radical (unpaired) electrons. The van der Waals surface area contributed by atoms with Crippen LogP contribution in [0.25, 0.3) is 0 Å². The van der Waals surface area contributed by atoms with Gasteiger partial charge in [0.15, 0.2) is 0 Å². The van der Waals surface area contributed by atoms with Crippen LogP contribution in [0.1, 0.15) is 18.4 Å². The van der Waals surface area contributed by atoms with Crippen molar-refractivity contribution >= 4 is 11.6 Å². The van der Waals surface area contributed by atoms with E-state index in [1.54, 1.807) is 24.3 Å². The number of carbonyl (C=O) groups excluding carboxylic acids is 1. The van der Waals surface area contributed by atoms with Crippen molar-refractivity contribution < 1.29 is 4.79 Å². The second-order valence-corrected chi connectivity index (χ2v) is 5.71. The zero-order valence-corrected chi connectivity index (χ0v) is 12.7. The number of amides is 1. The van der Waals surface area contributed by atoms with Gasteiger partial charge in [0.1, 0.15) is 0 Å². The highest BCUT2D eigenvalue weighted by atomic mass is 16.2. The summed E-state index contributed by atoms with van der Waals surface area (Å²) in [6, 6.07) is 9.68. The molecule has 5 nitrogen and oxygen atoms in total.